The zero-order valence-electron chi connectivity index (χ0n) is 19.4. The van der Waals surface area contributed by atoms with E-state index in [-0.39, 0.29) is 0 Å². The van der Waals surface area contributed by atoms with Gasteiger partial charge in [0.25, 0.3) is 0 Å². The zero-order valence-corrected chi connectivity index (χ0v) is 21.4. The van der Waals surface area contributed by atoms with Crippen LogP contribution < -0.4 is 10.0 Å². The Morgan fingerprint density at radius 2 is 1.71 bits per heavy atom. The molecule has 3 rings (SSSR count). The molecule has 0 radical (unpaired) electrons. The van der Waals surface area contributed by atoms with Crippen LogP contribution in [0.5, 0.6) is 0 Å². The highest BCUT2D eigenvalue weighted by Gasteiger charge is 2.38. The molecule has 2 aromatic carbocycles. The van der Waals surface area contributed by atoms with E-state index in [0.717, 1.165) is 31.0 Å². The summed E-state index contributed by atoms with van der Waals surface area (Å²) in [5.74, 6) is -0.506. The van der Waals surface area contributed by atoms with E-state index in [4.69, 9.17) is 4.74 Å². The van der Waals surface area contributed by atoms with Crippen LogP contribution in [0.25, 0.3) is 0 Å². The van der Waals surface area contributed by atoms with Gasteiger partial charge in [0.15, 0.2) is 0 Å². The molecule has 0 fully saturated rings. The summed E-state index contributed by atoms with van der Waals surface area (Å²) in [7, 11) is -1.96. The van der Waals surface area contributed by atoms with Crippen molar-refractivity contribution in [3.63, 3.8) is 0 Å². The topological polar surface area (TPSA) is 67.4 Å². The Bertz CT molecular complexity index is 1150. The van der Waals surface area contributed by atoms with Crippen molar-refractivity contribution in [2.75, 3.05) is 19.8 Å². The molecule has 5 nitrogen and oxygen atoms in total. The fourth-order valence-corrected chi connectivity index (χ4v) is 5.79. The van der Waals surface area contributed by atoms with Gasteiger partial charge in [0, 0.05) is 12.3 Å². The number of sulfonamides is 1. The lowest BCUT2D eigenvalue weighted by Gasteiger charge is -2.27. The van der Waals surface area contributed by atoms with Gasteiger partial charge in [0.05, 0.1) is 29.7 Å². The van der Waals surface area contributed by atoms with Crippen molar-refractivity contribution in [1.82, 2.24) is 10.0 Å². The van der Waals surface area contributed by atoms with E-state index in [9.17, 15) is 21.6 Å². The number of alkyl halides is 3. The van der Waals surface area contributed by atoms with Gasteiger partial charge in [-0.3, -0.25) is 0 Å². The number of rotatable bonds is 11. The summed E-state index contributed by atoms with van der Waals surface area (Å²) in [4.78, 5) is -0.806. The number of hydrogen-bond acceptors (Lipinski definition) is 4. The van der Waals surface area contributed by atoms with Gasteiger partial charge in [-0.1, -0.05) is 60.2 Å². The fourth-order valence-electron chi connectivity index (χ4n) is 3.69. The summed E-state index contributed by atoms with van der Waals surface area (Å²) in [5.41, 5.74) is 1.97. The molecule has 1 aliphatic carbocycles. The second-order valence-electron chi connectivity index (χ2n) is 8.36. The third kappa shape index (κ3) is 7.98. The molecule has 2 N–H and O–H groups in total. The number of allylic oxidation sites excluding steroid dienone is 3. The van der Waals surface area contributed by atoms with Gasteiger partial charge in [0.1, 0.15) is 0 Å². The van der Waals surface area contributed by atoms with Gasteiger partial charge in [-0.15, -0.1) is 9.24 Å². The lowest BCUT2D eigenvalue weighted by molar-refractivity contribution is -0.139. The van der Waals surface area contributed by atoms with Crippen molar-refractivity contribution < 1.29 is 26.3 Å². The molecule has 0 bridgehead atoms. The van der Waals surface area contributed by atoms with Gasteiger partial charge in [-0.25, -0.2) is 13.1 Å². The molecule has 0 heterocycles. The fraction of sp³-hybridized carbons (Fsp3) is 0.360. The van der Waals surface area contributed by atoms with Gasteiger partial charge in [-0.2, -0.15) is 13.2 Å². The highest BCUT2D eigenvalue weighted by atomic mass is 32.2. The maximum Gasteiger partial charge on any atom is 0.417 e. The molecule has 0 saturated carbocycles. The highest BCUT2D eigenvalue weighted by Crippen LogP contribution is 2.35. The van der Waals surface area contributed by atoms with Crippen LogP contribution >= 0.6 is 9.24 Å². The molecular weight excluding hydrogens is 496 g/mol. The second kappa shape index (κ2) is 12.3. The first-order chi connectivity index (χ1) is 16.6. The molecular formula is C25H30F3N2O3PS. The van der Waals surface area contributed by atoms with Crippen molar-refractivity contribution in [2.24, 2.45) is 0 Å². The van der Waals surface area contributed by atoms with Crippen molar-refractivity contribution >= 4 is 19.3 Å². The average molecular weight is 527 g/mol. The standard InChI is InChI=1S/C25H30F3N2O3PS/c1-18-11-13-19(14-12-18)17-33-16-15-29-24(34)23(20-7-3-2-4-8-20)30-35(31,32)22-10-6-5-9-21(22)25(26,27)28/h2-11,14,23-24,29-30H,12-13,15-17,34H2,1H3. The molecule has 1 aliphatic rings. The first-order valence-corrected chi connectivity index (χ1v) is 13.4. The van der Waals surface area contributed by atoms with E-state index in [1.807, 2.05) is 0 Å². The lowest BCUT2D eigenvalue weighted by Crippen LogP contribution is -2.42. The molecule has 3 unspecified atom stereocenters. The number of halogens is 3. The predicted octanol–water partition coefficient (Wildman–Crippen LogP) is 5.20. The van der Waals surface area contributed by atoms with Gasteiger partial charge < -0.3 is 10.1 Å². The molecule has 2 aromatic rings. The number of benzene rings is 2. The Hall–Kier alpha value is -2.03. The minimum absolute atomic E-state index is 0.399. The van der Waals surface area contributed by atoms with Crippen molar-refractivity contribution in [1.29, 1.82) is 0 Å². The minimum atomic E-state index is -4.80. The maximum atomic E-state index is 13.5. The van der Waals surface area contributed by atoms with Crippen LogP contribution in [-0.4, -0.2) is 34.0 Å². The second-order valence-corrected chi connectivity index (χ2v) is 10.8. The Labute approximate surface area is 207 Å². The van der Waals surface area contributed by atoms with E-state index in [2.05, 4.69) is 38.4 Å². The molecule has 0 saturated heterocycles. The lowest BCUT2D eigenvalue weighted by atomic mass is 10.0. The third-order valence-corrected chi connectivity index (χ3v) is 7.74. The number of nitrogens with one attached hydrogen (secondary N) is 2. The zero-order chi connectivity index (χ0) is 25.5. The molecule has 0 aliphatic heterocycles. The van der Waals surface area contributed by atoms with Crippen LogP contribution in [0.1, 0.15) is 36.9 Å². The smallest absolute Gasteiger partial charge is 0.376 e. The monoisotopic (exact) mass is 526 g/mol. The van der Waals surface area contributed by atoms with Crippen LogP contribution in [0, 0.1) is 0 Å². The summed E-state index contributed by atoms with van der Waals surface area (Å²) >= 11 is 0. The normalized spacial score (nSPS) is 16.4. The van der Waals surface area contributed by atoms with Crippen molar-refractivity contribution in [3.05, 3.63) is 89.0 Å². The molecule has 10 heteroatoms. The molecule has 190 valence electrons. The van der Waals surface area contributed by atoms with Crippen LogP contribution in [0.2, 0.25) is 0 Å². The molecule has 0 spiro atoms. The SMILES string of the molecule is CC1=CCC(COCCNC(P)C(NS(=O)(=O)c2ccccc2C(F)(F)F)c2ccccc2)=CC1. The van der Waals surface area contributed by atoms with Crippen molar-refractivity contribution in [3.8, 4) is 0 Å². The molecule has 3 atom stereocenters. The highest BCUT2D eigenvalue weighted by molar-refractivity contribution is 7.89. The summed E-state index contributed by atoms with van der Waals surface area (Å²) < 4.78 is 74.7. The summed E-state index contributed by atoms with van der Waals surface area (Å²) in [5, 5.41) is 3.20. The molecule has 35 heavy (non-hydrogen) atoms. The molecule has 0 aromatic heterocycles. The summed E-state index contributed by atoms with van der Waals surface area (Å²) in [6.07, 6.45) is 1.36. The number of hydrogen-bond donors (Lipinski definition) is 2. The Morgan fingerprint density at radius 1 is 1.03 bits per heavy atom. The quantitative estimate of drug-likeness (QED) is 0.240. The van der Waals surface area contributed by atoms with Crippen molar-refractivity contribution in [2.45, 2.75) is 42.7 Å². The van der Waals surface area contributed by atoms with Crippen LogP contribution in [0.3, 0.4) is 0 Å². The average Bonchev–Trinajstić information content (AvgIpc) is 2.83. The third-order valence-electron chi connectivity index (χ3n) is 5.62. The summed E-state index contributed by atoms with van der Waals surface area (Å²) in [6.45, 7) is 3.45. The van der Waals surface area contributed by atoms with E-state index in [1.165, 1.54) is 17.2 Å². The summed E-state index contributed by atoms with van der Waals surface area (Å²) in [6, 6.07) is 12.0. The minimum Gasteiger partial charge on any atom is -0.376 e. The van der Waals surface area contributed by atoms with E-state index in [1.54, 1.807) is 30.3 Å². The van der Waals surface area contributed by atoms with Gasteiger partial charge in [0.2, 0.25) is 10.0 Å². The van der Waals surface area contributed by atoms with Crippen LogP contribution in [0.4, 0.5) is 13.2 Å². The Balaban J connectivity index is 1.67. The Kier molecular flexibility index (Phi) is 9.67. The van der Waals surface area contributed by atoms with Crippen LogP contribution in [-0.2, 0) is 20.9 Å². The number of ether oxygens (including phenoxy) is 1. The maximum absolute atomic E-state index is 13.5. The predicted molar refractivity (Wildman–Crippen MR) is 134 cm³/mol. The van der Waals surface area contributed by atoms with Gasteiger partial charge in [-0.05, 0) is 43.0 Å². The largest absolute Gasteiger partial charge is 0.417 e. The van der Waals surface area contributed by atoms with Crippen LogP contribution in [0.15, 0.2) is 82.8 Å². The first kappa shape index (κ1) is 27.6. The van der Waals surface area contributed by atoms with Gasteiger partial charge >= 0.3 is 6.18 Å². The van der Waals surface area contributed by atoms with E-state index < -0.39 is 38.5 Å². The molecule has 0 amide bonds. The first-order valence-electron chi connectivity index (χ1n) is 11.2. The Morgan fingerprint density at radius 3 is 2.37 bits per heavy atom. The van der Waals surface area contributed by atoms with E-state index >= 15 is 0 Å². The van der Waals surface area contributed by atoms with E-state index in [0.29, 0.717) is 25.3 Å².